The average Bonchev–Trinajstić information content (AvgIpc) is 2.73. The maximum absolute atomic E-state index is 4.97. The number of rotatable bonds is 2. The largest absolute Gasteiger partial charge is 0.285 e. The van der Waals surface area contributed by atoms with Crippen molar-refractivity contribution < 1.29 is 0 Å². The molecular formula is C9H15N3S. The van der Waals surface area contributed by atoms with Gasteiger partial charge in [-0.25, -0.2) is 4.98 Å². The Morgan fingerprint density at radius 3 is 2.54 bits per heavy atom. The van der Waals surface area contributed by atoms with Gasteiger partial charge in [-0.05, 0) is 31.5 Å². The molecule has 1 saturated carbocycles. The summed E-state index contributed by atoms with van der Waals surface area (Å²) in [6.45, 7) is 2.23. The van der Waals surface area contributed by atoms with E-state index < -0.39 is 0 Å². The van der Waals surface area contributed by atoms with Crippen LogP contribution in [0.15, 0.2) is 0 Å². The minimum atomic E-state index is 0.285. The van der Waals surface area contributed by atoms with Crippen molar-refractivity contribution in [3.8, 4) is 0 Å². The van der Waals surface area contributed by atoms with E-state index in [0.29, 0.717) is 4.77 Å². The predicted molar refractivity (Wildman–Crippen MR) is 54.2 cm³/mol. The fourth-order valence-electron chi connectivity index (χ4n) is 2.33. The summed E-state index contributed by atoms with van der Waals surface area (Å²) in [5, 5.41) is 5.98. The molecule has 72 valence electrons. The Morgan fingerprint density at radius 2 is 2.08 bits per heavy atom. The quantitative estimate of drug-likeness (QED) is 0.716. The van der Waals surface area contributed by atoms with Gasteiger partial charge >= 0.3 is 0 Å². The summed E-state index contributed by atoms with van der Waals surface area (Å²) < 4.78 is 0.578. The maximum Gasteiger partial charge on any atom is 0.213 e. The second-order valence-electron chi connectivity index (χ2n) is 3.86. The Morgan fingerprint density at radius 1 is 1.38 bits per heavy atom. The normalized spacial score (nSPS) is 20.7. The van der Waals surface area contributed by atoms with Crippen LogP contribution in [0.3, 0.4) is 0 Å². The molecule has 0 saturated heterocycles. The van der Waals surface area contributed by atoms with Crippen LogP contribution in [0.2, 0.25) is 0 Å². The minimum absolute atomic E-state index is 0.285. The van der Waals surface area contributed by atoms with E-state index in [4.69, 9.17) is 12.2 Å². The van der Waals surface area contributed by atoms with Crippen molar-refractivity contribution in [1.29, 1.82) is 0 Å². The summed E-state index contributed by atoms with van der Waals surface area (Å²) in [5.41, 5.74) is 0.285. The number of H-pyrrole nitrogens is 2. The lowest BCUT2D eigenvalue weighted by Crippen LogP contribution is -2.22. The van der Waals surface area contributed by atoms with Gasteiger partial charge in [-0.2, -0.15) is 0 Å². The number of aromatic amines is 2. The molecule has 2 N–H and O–H groups in total. The molecule has 0 unspecified atom stereocenters. The van der Waals surface area contributed by atoms with Crippen LogP contribution in [0.1, 0.15) is 44.9 Å². The summed E-state index contributed by atoms with van der Waals surface area (Å²) in [6.07, 6.45) is 6.30. The van der Waals surface area contributed by atoms with E-state index in [1.807, 2.05) is 0 Å². The molecule has 0 bridgehead atoms. The van der Waals surface area contributed by atoms with E-state index in [2.05, 4.69) is 22.1 Å². The van der Waals surface area contributed by atoms with Crippen LogP contribution in [0.25, 0.3) is 0 Å². The van der Waals surface area contributed by atoms with Gasteiger partial charge in [0.15, 0.2) is 0 Å². The van der Waals surface area contributed by atoms with Crippen LogP contribution in [0.5, 0.6) is 0 Å². The fraction of sp³-hybridized carbons (Fsp3) is 0.778. The molecule has 4 heteroatoms. The zero-order valence-electron chi connectivity index (χ0n) is 7.89. The van der Waals surface area contributed by atoms with Gasteiger partial charge in [0.1, 0.15) is 5.82 Å². The summed E-state index contributed by atoms with van der Waals surface area (Å²) in [4.78, 5) is 4.34. The fourth-order valence-corrected chi connectivity index (χ4v) is 2.47. The first kappa shape index (κ1) is 8.94. The van der Waals surface area contributed by atoms with Gasteiger partial charge in [-0.1, -0.05) is 19.8 Å². The van der Waals surface area contributed by atoms with Gasteiger partial charge in [0.25, 0.3) is 0 Å². The smallest absolute Gasteiger partial charge is 0.213 e. The Labute approximate surface area is 83.0 Å². The van der Waals surface area contributed by atoms with Crippen molar-refractivity contribution in [1.82, 2.24) is 15.2 Å². The molecule has 1 fully saturated rings. The van der Waals surface area contributed by atoms with Crippen LogP contribution < -0.4 is 0 Å². The molecule has 0 amide bonds. The summed E-state index contributed by atoms with van der Waals surface area (Å²) in [7, 11) is 0. The molecular weight excluding hydrogens is 182 g/mol. The Balaban J connectivity index is 2.35. The highest BCUT2D eigenvalue weighted by molar-refractivity contribution is 7.71. The third kappa shape index (κ3) is 1.43. The summed E-state index contributed by atoms with van der Waals surface area (Å²) >= 11 is 4.97. The van der Waals surface area contributed by atoms with E-state index in [0.717, 1.165) is 12.2 Å². The van der Waals surface area contributed by atoms with Crippen molar-refractivity contribution >= 4 is 12.2 Å². The summed E-state index contributed by atoms with van der Waals surface area (Å²) in [5.74, 6) is 1.07. The molecule has 2 rings (SSSR count). The molecule has 0 aliphatic heterocycles. The lowest BCUT2D eigenvalue weighted by Gasteiger charge is -2.23. The lowest BCUT2D eigenvalue weighted by molar-refractivity contribution is 0.400. The Bertz CT molecular complexity index is 333. The molecule has 1 aliphatic carbocycles. The Kier molecular flexibility index (Phi) is 2.24. The molecule has 0 aromatic carbocycles. The minimum Gasteiger partial charge on any atom is -0.285 e. The third-order valence-electron chi connectivity index (χ3n) is 3.24. The van der Waals surface area contributed by atoms with E-state index in [-0.39, 0.29) is 5.41 Å². The third-order valence-corrected chi connectivity index (χ3v) is 3.43. The topological polar surface area (TPSA) is 44.5 Å². The van der Waals surface area contributed by atoms with Crippen molar-refractivity contribution in [2.75, 3.05) is 0 Å². The van der Waals surface area contributed by atoms with E-state index in [9.17, 15) is 0 Å². The first-order valence-corrected chi connectivity index (χ1v) is 5.33. The number of nitrogens with one attached hydrogen (secondary N) is 2. The van der Waals surface area contributed by atoms with E-state index >= 15 is 0 Å². The van der Waals surface area contributed by atoms with E-state index in [1.165, 1.54) is 25.7 Å². The van der Waals surface area contributed by atoms with E-state index in [1.54, 1.807) is 0 Å². The molecule has 0 spiro atoms. The lowest BCUT2D eigenvalue weighted by atomic mass is 9.83. The molecule has 1 aromatic heterocycles. The molecule has 0 atom stereocenters. The monoisotopic (exact) mass is 197 g/mol. The zero-order valence-corrected chi connectivity index (χ0v) is 8.71. The number of hydrogen-bond donors (Lipinski definition) is 2. The van der Waals surface area contributed by atoms with Crippen LogP contribution in [-0.4, -0.2) is 15.2 Å². The molecule has 1 heterocycles. The van der Waals surface area contributed by atoms with Gasteiger partial charge in [-0.15, -0.1) is 0 Å². The standard InChI is InChI=1S/C9H15N3S/c1-2-9(5-3-4-6-9)7-10-8(13)12-11-7/h2-6H2,1H3,(H2,10,11,12,13). The molecule has 13 heavy (non-hydrogen) atoms. The molecule has 1 aromatic rings. The first-order chi connectivity index (χ1) is 6.27. The highest BCUT2D eigenvalue weighted by atomic mass is 32.1. The maximum atomic E-state index is 4.97. The SMILES string of the molecule is CCC1(c2nc(=S)[nH][nH]2)CCCC1. The second kappa shape index (κ2) is 3.25. The van der Waals surface area contributed by atoms with Crippen molar-refractivity contribution in [3.63, 3.8) is 0 Å². The van der Waals surface area contributed by atoms with Gasteiger partial charge < -0.3 is 0 Å². The summed E-state index contributed by atoms with van der Waals surface area (Å²) in [6, 6.07) is 0. The van der Waals surface area contributed by atoms with Crippen LogP contribution >= 0.6 is 12.2 Å². The van der Waals surface area contributed by atoms with Gasteiger partial charge in [0.2, 0.25) is 4.77 Å². The van der Waals surface area contributed by atoms with Crippen molar-refractivity contribution in [2.24, 2.45) is 0 Å². The highest BCUT2D eigenvalue weighted by Gasteiger charge is 2.36. The number of aromatic nitrogens is 3. The second-order valence-corrected chi connectivity index (χ2v) is 4.24. The predicted octanol–water partition coefficient (Wildman–Crippen LogP) is 2.69. The van der Waals surface area contributed by atoms with Gasteiger partial charge in [0.05, 0.1) is 0 Å². The van der Waals surface area contributed by atoms with Gasteiger partial charge in [-0.3, -0.25) is 10.2 Å². The highest BCUT2D eigenvalue weighted by Crippen LogP contribution is 2.41. The van der Waals surface area contributed by atoms with Gasteiger partial charge in [0, 0.05) is 5.41 Å². The average molecular weight is 197 g/mol. The van der Waals surface area contributed by atoms with Crippen LogP contribution in [0.4, 0.5) is 0 Å². The molecule has 0 radical (unpaired) electrons. The zero-order chi connectivity index (χ0) is 9.31. The molecule has 3 nitrogen and oxygen atoms in total. The first-order valence-electron chi connectivity index (χ1n) is 4.92. The van der Waals surface area contributed by atoms with Crippen molar-refractivity contribution in [3.05, 3.63) is 10.6 Å². The Hall–Kier alpha value is -0.640. The van der Waals surface area contributed by atoms with Crippen LogP contribution in [-0.2, 0) is 5.41 Å². The molecule has 1 aliphatic rings. The van der Waals surface area contributed by atoms with Crippen LogP contribution in [0, 0.1) is 4.77 Å². The number of nitrogens with zero attached hydrogens (tertiary/aromatic N) is 1. The number of hydrogen-bond acceptors (Lipinski definition) is 2. The van der Waals surface area contributed by atoms with Crippen molar-refractivity contribution in [2.45, 2.75) is 44.4 Å².